The Kier molecular flexibility index (Phi) is 4.52. The van der Waals surface area contributed by atoms with Crippen LogP contribution in [0.3, 0.4) is 0 Å². The molecule has 0 saturated heterocycles. The maximum atomic E-state index is 5.51. The minimum atomic E-state index is -0.178. The summed E-state index contributed by atoms with van der Waals surface area (Å²) in [5.74, 6) is 0.854. The minimum Gasteiger partial charge on any atom is -0.465 e. The van der Waals surface area contributed by atoms with Gasteiger partial charge in [-0.1, -0.05) is 6.07 Å². The van der Waals surface area contributed by atoms with Gasteiger partial charge in [-0.05, 0) is 54.6 Å². The molecule has 0 radical (unpaired) electrons. The molecular weight excluding hydrogens is 279 g/mol. The summed E-state index contributed by atoms with van der Waals surface area (Å²) in [6.07, 6.45) is -0.178. The summed E-state index contributed by atoms with van der Waals surface area (Å²) in [7, 11) is 0. The first-order chi connectivity index (χ1) is 6.22. The smallest absolute Gasteiger partial charge is 0.196 e. The first-order valence-electron chi connectivity index (χ1n) is 4.26. The predicted molar refractivity (Wildman–Crippen MR) is 60.9 cm³/mol. The minimum absolute atomic E-state index is 0.178. The molecule has 0 N–H and O–H groups in total. The molecule has 0 aromatic heterocycles. The van der Waals surface area contributed by atoms with Gasteiger partial charge in [-0.15, -0.1) is 0 Å². The second-order valence-electron chi connectivity index (χ2n) is 2.60. The van der Waals surface area contributed by atoms with Crippen LogP contribution in [0.15, 0.2) is 24.3 Å². The summed E-state index contributed by atoms with van der Waals surface area (Å²) < 4.78 is 11.9. The van der Waals surface area contributed by atoms with Gasteiger partial charge in [0.2, 0.25) is 0 Å². The molecule has 1 rings (SSSR count). The van der Waals surface area contributed by atoms with Crippen molar-refractivity contribution in [1.29, 1.82) is 0 Å². The van der Waals surface area contributed by atoms with Crippen LogP contribution >= 0.6 is 22.6 Å². The lowest BCUT2D eigenvalue weighted by Gasteiger charge is -2.14. The molecule has 0 aliphatic heterocycles. The molecule has 0 aliphatic rings. The fourth-order valence-electron chi connectivity index (χ4n) is 1.00. The lowest BCUT2D eigenvalue weighted by atomic mass is 10.3. The summed E-state index contributed by atoms with van der Waals surface area (Å²) in [4.78, 5) is 0. The van der Waals surface area contributed by atoms with Crippen LogP contribution in [0.2, 0.25) is 0 Å². The highest BCUT2D eigenvalue weighted by molar-refractivity contribution is 14.1. The Bertz CT molecular complexity index is 263. The molecule has 0 amide bonds. The largest absolute Gasteiger partial charge is 0.465 e. The van der Waals surface area contributed by atoms with Crippen LogP contribution in [0.25, 0.3) is 0 Å². The highest BCUT2D eigenvalue weighted by Crippen LogP contribution is 2.16. The van der Waals surface area contributed by atoms with Gasteiger partial charge >= 0.3 is 0 Å². The molecule has 1 aromatic carbocycles. The molecule has 1 unspecified atom stereocenters. The molecule has 72 valence electrons. The molecular formula is C10H13IO2. The van der Waals surface area contributed by atoms with E-state index in [2.05, 4.69) is 22.6 Å². The van der Waals surface area contributed by atoms with E-state index in [9.17, 15) is 0 Å². The van der Waals surface area contributed by atoms with E-state index >= 15 is 0 Å². The highest BCUT2D eigenvalue weighted by Gasteiger charge is 2.01. The fourth-order valence-corrected chi connectivity index (χ4v) is 1.52. The van der Waals surface area contributed by atoms with Crippen LogP contribution in [0.5, 0.6) is 5.75 Å². The average Bonchev–Trinajstić information content (AvgIpc) is 2.04. The lowest BCUT2D eigenvalue weighted by Crippen LogP contribution is -2.15. The van der Waals surface area contributed by atoms with Crippen molar-refractivity contribution in [1.82, 2.24) is 0 Å². The Balaban J connectivity index is 2.53. The number of ether oxygens (including phenoxy) is 2. The van der Waals surface area contributed by atoms with Gasteiger partial charge in [0, 0.05) is 10.2 Å². The van der Waals surface area contributed by atoms with Gasteiger partial charge in [0.15, 0.2) is 6.29 Å². The SMILES string of the molecule is CCOC(C)Oc1cccc(I)c1. The topological polar surface area (TPSA) is 18.5 Å². The van der Waals surface area contributed by atoms with Gasteiger partial charge in [-0.2, -0.15) is 0 Å². The van der Waals surface area contributed by atoms with Gasteiger partial charge < -0.3 is 9.47 Å². The van der Waals surface area contributed by atoms with E-state index in [1.54, 1.807) is 0 Å². The van der Waals surface area contributed by atoms with Crippen molar-refractivity contribution in [2.45, 2.75) is 20.1 Å². The Morgan fingerprint density at radius 3 is 2.85 bits per heavy atom. The number of rotatable bonds is 4. The zero-order valence-corrected chi connectivity index (χ0v) is 9.95. The predicted octanol–water partition coefficient (Wildman–Crippen LogP) is 3.05. The van der Waals surface area contributed by atoms with Crippen molar-refractivity contribution in [2.75, 3.05) is 6.61 Å². The number of hydrogen-bond acceptors (Lipinski definition) is 2. The van der Waals surface area contributed by atoms with Gasteiger partial charge in [-0.25, -0.2) is 0 Å². The van der Waals surface area contributed by atoms with Crippen molar-refractivity contribution in [3.63, 3.8) is 0 Å². The zero-order valence-electron chi connectivity index (χ0n) is 7.79. The second kappa shape index (κ2) is 5.44. The third-order valence-corrected chi connectivity index (χ3v) is 2.17. The van der Waals surface area contributed by atoms with E-state index in [1.165, 1.54) is 3.57 Å². The quantitative estimate of drug-likeness (QED) is 0.627. The normalized spacial score (nSPS) is 12.5. The molecule has 1 atom stereocenters. The molecule has 13 heavy (non-hydrogen) atoms. The third kappa shape index (κ3) is 3.95. The third-order valence-electron chi connectivity index (χ3n) is 1.50. The van der Waals surface area contributed by atoms with Gasteiger partial charge in [0.05, 0.1) is 0 Å². The Morgan fingerprint density at radius 1 is 1.46 bits per heavy atom. The summed E-state index contributed by atoms with van der Waals surface area (Å²) in [6, 6.07) is 7.91. The lowest BCUT2D eigenvalue weighted by molar-refractivity contribution is -0.0613. The molecule has 0 fully saturated rings. The van der Waals surface area contributed by atoms with Gasteiger partial charge in [0.1, 0.15) is 5.75 Å². The summed E-state index contributed by atoms with van der Waals surface area (Å²) in [5.41, 5.74) is 0. The molecule has 0 aliphatic carbocycles. The standard InChI is InChI=1S/C10H13IO2/c1-3-12-8(2)13-10-6-4-5-9(11)7-10/h4-8H,3H2,1-2H3. The second-order valence-corrected chi connectivity index (χ2v) is 3.84. The Morgan fingerprint density at radius 2 is 2.23 bits per heavy atom. The number of benzene rings is 1. The molecule has 0 saturated carbocycles. The zero-order chi connectivity index (χ0) is 9.68. The van der Waals surface area contributed by atoms with E-state index < -0.39 is 0 Å². The monoisotopic (exact) mass is 292 g/mol. The first-order valence-corrected chi connectivity index (χ1v) is 5.34. The molecule has 0 bridgehead atoms. The van der Waals surface area contributed by atoms with Crippen molar-refractivity contribution < 1.29 is 9.47 Å². The summed E-state index contributed by atoms with van der Waals surface area (Å²) in [5, 5.41) is 0. The van der Waals surface area contributed by atoms with Gasteiger partial charge in [-0.3, -0.25) is 0 Å². The first kappa shape index (κ1) is 10.8. The Labute approximate surface area is 92.4 Å². The molecule has 2 nitrogen and oxygen atoms in total. The summed E-state index contributed by atoms with van der Waals surface area (Å²) >= 11 is 2.25. The maximum Gasteiger partial charge on any atom is 0.196 e. The Hall–Kier alpha value is -0.290. The highest BCUT2D eigenvalue weighted by atomic mass is 127. The van der Waals surface area contributed by atoms with Crippen LogP contribution in [0.1, 0.15) is 13.8 Å². The van der Waals surface area contributed by atoms with Crippen LogP contribution in [-0.4, -0.2) is 12.9 Å². The van der Waals surface area contributed by atoms with E-state index in [0.29, 0.717) is 6.61 Å². The van der Waals surface area contributed by atoms with E-state index in [4.69, 9.17) is 9.47 Å². The molecule has 3 heteroatoms. The van der Waals surface area contributed by atoms with E-state index in [1.807, 2.05) is 38.1 Å². The summed E-state index contributed by atoms with van der Waals surface area (Å²) in [6.45, 7) is 4.52. The fraction of sp³-hybridized carbons (Fsp3) is 0.400. The van der Waals surface area contributed by atoms with Crippen LogP contribution in [0, 0.1) is 3.57 Å². The van der Waals surface area contributed by atoms with Gasteiger partial charge in [0.25, 0.3) is 0 Å². The van der Waals surface area contributed by atoms with E-state index in [0.717, 1.165) is 5.75 Å². The average molecular weight is 292 g/mol. The number of halogens is 1. The number of hydrogen-bond donors (Lipinski definition) is 0. The maximum absolute atomic E-state index is 5.51. The van der Waals surface area contributed by atoms with Crippen molar-refractivity contribution >= 4 is 22.6 Å². The van der Waals surface area contributed by atoms with Crippen LogP contribution in [-0.2, 0) is 4.74 Å². The molecule has 0 spiro atoms. The molecule has 1 aromatic rings. The van der Waals surface area contributed by atoms with Crippen molar-refractivity contribution in [3.05, 3.63) is 27.8 Å². The van der Waals surface area contributed by atoms with Crippen LogP contribution < -0.4 is 4.74 Å². The van der Waals surface area contributed by atoms with Crippen molar-refractivity contribution in [3.8, 4) is 5.75 Å². The van der Waals surface area contributed by atoms with Crippen molar-refractivity contribution in [2.24, 2.45) is 0 Å². The molecule has 0 heterocycles. The van der Waals surface area contributed by atoms with E-state index in [-0.39, 0.29) is 6.29 Å². The van der Waals surface area contributed by atoms with Crippen LogP contribution in [0.4, 0.5) is 0 Å².